The van der Waals surface area contributed by atoms with Crippen LogP contribution < -0.4 is 0 Å². The Balaban J connectivity index is 1.98. The fourth-order valence-corrected chi connectivity index (χ4v) is 5.07. The van der Waals surface area contributed by atoms with Crippen molar-refractivity contribution in [2.75, 3.05) is 18.4 Å². The van der Waals surface area contributed by atoms with E-state index >= 15 is 0 Å². The molecule has 0 N–H and O–H groups in total. The van der Waals surface area contributed by atoms with Crippen molar-refractivity contribution in [3.63, 3.8) is 0 Å². The van der Waals surface area contributed by atoms with E-state index in [1.165, 1.54) is 4.31 Å². The van der Waals surface area contributed by atoms with Crippen LogP contribution in [0.3, 0.4) is 0 Å². The van der Waals surface area contributed by atoms with E-state index in [1.807, 2.05) is 6.92 Å². The summed E-state index contributed by atoms with van der Waals surface area (Å²) in [6.45, 7) is 2.56. The molecule has 9 heteroatoms. The second-order valence-electron chi connectivity index (χ2n) is 4.93. The molecule has 3 rings (SSSR count). The van der Waals surface area contributed by atoms with E-state index in [0.717, 1.165) is 11.4 Å². The van der Waals surface area contributed by atoms with Crippen LogP contribution in [0.2, 0.25) is 0 Å². The van der Waals surface area contributed by atoms with Gasteiger partial charge in [0.05, 0.1) is 23.6 Å². The number of fused-ring (bicyclic) bond motifs is 1. The van der Waals surface area contributed by atoms with Gasteiger partial charge in [-0.15, -0.1) is 0 Å². The van der Waals surface area contributed by atoms with Crippen molar-refractivity contribution in [2.45, 2.75) is 24.0 Å². The number of sulfonamides is 1. The molecule has 0 aromatic heterocycles. The Morgan fingerprint density at radius 2 is 2.24 bits per heavy atom. The lowest BCUT2D eigenvalue weighted by Crippen LogP contribution is -2.49. The third-order valence-corrected chi connectivity index (χ3v) is 6.46. The number of rotatable bonds is 3. The van der Waals surface area contributed by atoms with Crippen molar-refractivity contribution in [1.29, 1.82) is 0 Å². The van der Waals surface area contributed by atoms with Gasteiger partial charge in [0.2, 0.25) is 10.0 Å². The Morgan fingerprint density at radius 1 is 1.43 bits per heavy atom. The van der Waals surface area contributed by atoms with Crippen molar-refractivity contribution >= 4 is 48.7 Å². The van der Waals surface area contributed by atoms with Crippen LogP contribution >= 0.6 is 15.9 Å². The van der Waals surface area contributed by atoms with E-state index in [-0.39, 0.29) is 17.1 Å². The van der Waals surface area contributed by atoms with Gasteiger partial charge < -0.3 is 4.74 Å². The van der Waals surface area contributed by atoms with E-state index in [0.29, 0.717) is 29.8 Å². The molecule has 6 nitrogen and oxygen atoms in total. The van der Waals surface area contributed by atoms with E-state index in [2.05, 4.69) is 24.7 Å². The lowest BCUT2D eigenvalue weighted by Gasteiger charge is -2.35. The van der Waals surface area contributed by atoms with Gasteiger partial charge in [-0.1, -0.05) is 22.0 Å². The smallest absolute Gasteiger partial charge is 0.245 e. The van der Waals surface area contributed by atoms with E-state index < -0.39 is 10.0 Å². The molecule has 114 valence electrons. The maximum absolute atomic E-state index is 12.9. The Hall–Kier alpha value is -0.610. The standard InChI is InChI=1S/C12H14BrN3O3S2/c1-8-6-16(7-9(5-13)19-8)21(17,18)11-4-2-3-10-12(11)15-20-14-10/h2-4,8-9H,5-7H2,1H3. The van der Waals surface area contributed by atoms with Gasteiger partial charge >= 0.3 is 0 Å². The number of alkyl halides is 1. The van der Waals surface area contributed by atoms with Crippen LogP contribution in [-0.2, 0) is 26.1 Å². The van der Waals surface area contributed by atoms with Gasteiger partial charge in [0.1, 0.15) is 16.3 Å². The lowest BCUT2D eigenvalue weighted by atomic mass is 10.3. The first kappa shape index (κ1) is 15.3. The van der Waals surface area contributed by atoms with Gasteiger partial charge in [0.25, 0.3) is 0 Å². The number of benzene rings is 1. The first-order chi connectivity index (χ1) is 10.0. The summed E-state index contributed by atoms with van der Waals surface area (Å²) in [5, 5.41) is 0.603. The zero-order valence-electron chi connectivity index (χ0n) is 11.3. The average molecular weight is 392 g/mol. The molecule has 1 fully saturated rings. The molecule has 2 aliphatic rings. The molecule has 0 radical (unpaired) electrons. The average Bonchev–Trinajstić information content (AvgIpc) is 2.94. The van der Waals surface area contributed by atoms with Gasteiger partial charge in [-0.3, -0.25) is 0 Å². The van der Waals surface area contributed by atoms with E-state index in [1.54, 1.807) is 18.2 Å². The molecule has 2 heterocycles. The van der Waals surface area contributed by atoms with Crippen LogP contribution in [0.4, 0.5) is 11.4 Å². The molecule has 1 saturated heterocycles. The highest BCUT2D eigenvalue weighted by molar-refractivity contribution is 9.09. The van der Waals surface area contributed by atoms with Crippen LogP contribution in [0.15, 0.2) is 31.8 Å². The largest absolute Gasteiger partial charge is 0.372 e. The molecule has 1 aromatic rings. The molecule has 2 unspecified atom stereocenters. The zero-order valence-corrected chi connectivity index (χ0v) is 14.5. The number of nitrogens with zero attached hydrogens (tertiary/aromatic N) is 3. The molecular weight excluding hydrogens is 378 g/mol. The highest BCUT2D eigenvalue weighted by Gasteiger charge is 2.35. The molecule has 0 amide bonds. The van der Waals surface area contributed by atoms with Gasteiger partial charge in [-0.2, -0.15) is 13.0 Å². The first-order valence-electron chi connectivity index (χ1n) is 6.45. The minimum absolute atomic E-state index is 0.135. The van der Waals surface area contributed by atoms with Crippen molar-refractivity contribution in [3.8, 4) is 0 Å². The summed E-state index contributed by atoms with van der Waals surface area (Å²) in [6.07, 6.45) is -0.278. The Bertz CT molecular complexity index is 731. The summed E-state index contributed by atoms with van der Waals surface area (Å²) in [5.74, 6) is 0. The lowest BCUT2D eigenvalue weighted by molar-refractivity contribution is -0.0411. The van der Waals surface area contributed by atoms with Crippen molar-refractivity contribution in [2.24, 2.45) is 8.73 Å². The number of halogens is 1. The van der Waals surface area contributed by atoms with Crippen molar-refractivity contribution < 1.29 is 13.2 Å². The Kier molecular flexibility index (Phi) is 4.28. The van der Waals surface area contributed by atoms with Crippen molar-refractivity contribution in [1.82, 2.24) is 4.31 Å². The minimum Gasteiger partial charge on any atom is -0.372 e. The van der Waals surface area contributed by atoms with Gasteiger partial charge in [-0.05, 0) is 19.1 Å². The molecule has 21 heavy (non-hydrogen) atoms. The highest BCUT2D eigenvalue weighted by atomic mass is 79.9. The number of hydrogen-bond donors (Lipinski definition) is 0. The molecule has 0 bridgehead atoms. The fraction of sp³-hybridized carbons (Fsp3) is 0.500. The fourth-order valence-electron chi connectivity index (χ4n) is 2.41. The molecule has 1 aromatic carbocycles. The second-order valence-corrected chi connectivity index (χ2v) is 8.02. The summed E-state index contributed by atoms with van der Waals surface area (Å²) in [4.78, 5) is 0.219. The highest BCUT2D eigenvalue weighted by Crippen LogP contribution is 2.39. The molecular formula is C12H14BrN3O3S2. The molecule has 0 spiro atoms. The van der Waals surface area contributed by atoms with Crippen LogP contribution in [0.5, 0.6) is 0 Å². The second kappa shape index (κ2) is 5.88. The van der Waals surface area contributed by atoms with Crippen LogP contribution in [0.1, 0.15) is 6.92 Å². The van der Waals surface area contributed by atoms with Crippen LogP contribution in [0.25, 0.3) is 0 Å². The zero-order chi connectivity index (χ0) is 15.0. The summed E-state index contributed by atoms with van der Waals surface area (Å²) in [5.41, 5.74) is 1.05. The molecule has 0 saturated carbocycles. The normalized spacial score (nSPS) is 25.6. The van der Waals surface area contributed by atoms with Crippen LogP contribution in [-0.4, -0.2) is 43.4 Å². The van der Waals surface area contributed by atoms with Gasteiger partial charge in [0.15, 0.2) is 0 Å². The first-order valence-corrected chi connectivity index (χ1v) is 9.74. The summed E-state index contributed by atoms with van der Waals surface area (Å²) < 4.78 is 41.2. The molecule has 0 aliphatic carbocycles. The Morgan fingerprint density at radius 3 is 3.00 bits per heavy atom. The summed E-state index contributed by atoms with van der Waals surface area (Å²) in [7, 11) is -3.60. The number of morpholine rings is 1. The van der Waals surface area contributed by atoms with Crippen molar-refractivity contribution in [3.05, 3.63) is 18.2 Å². The van der Waals surface area contributed by atoms with Gasteiger partial charge in [-0.25, -0.2) is 8.42 Å². The maximum atomic E-state index is 12.9. The predicted molar refractivity (Wildman–Crippen MR) is 84.9 cm³/mol. The van der Waals surface area contributed by atoms with E-state index in [9.17, 15) is 8.42 Å². The van der Waals surface area contributed by atoms with E-state index in [4.69, 9.17) is 4.74 Å². The topological polar surface area (TPSA) is 71.3 Å². The number of ether oxygens (including phenoxy) is 1. The SMILES string of the molecule is CC1CN(S(=O)(=O)c2cccc3c2N=S=N3)CC(CBr)O1. The van der Waals surface area contributed by atoms with Gasteiger partial charge in [0, 0.05) is 18.4 Å². The quantitative estimate of drug-likeness (QED) is 0.754. The molecule has 2 aliphatic heterocycles. The Labute approximate surface area is 135 Å². The molecule has 2 atom stereocenters. The number of hydrogen-bond acceptors (Lipinski definition) is 5. The third-order valence-electron chi connectivity index (χ3n) is 3.33. The predicted octanol–water partition coefficient (Wildman–Crippen LogP) is 2.59. The minimum atomic E-state index is -3.60. The maximum Gasteiger partial charge on any atom is 0.245 e. The summed E-state index contributed by atoms with van der Waals surface area (Å²) >= 11 is 4.38. The van der Waals surface area contributed by atoms with Crippen LogP contribution in [0, 0.1) is 0 Å². The monoisotopic (exact) mass is 391 g/mol. The summed E-state index contributed by atoms with van der Waals surface area (Å²) in [6, 6.07) is 5.05. The third kappa shape index (κ3) is 2.85.